The summed E-state index contributed by atoms with van der Waals surface area (Å²) >= 11 is 1.51. The molecule has 0 radical (unpaired) electrons. The van der Waals surface area contributed by atoms with Crippen LogP contribution in [0, 0.1) is 6.92 Å². The van der Waals surface area contributed by atoms with E-state index in [-0.39, 0.29) is 0 Å². The van der Waals surface area contributed by atoms with Crippen molar-refractivity contribution in [3.8, 4) is 0 Å². The van der Waals surface area contributed by atoms with Crippen molar-refractivity contribution in [2.75, 3.05) is 28.2 Å². The van der Waals surface area contributed by atoms with Crippen LogP contribution in [0.3, 0.4) is 0 Å². The van der Waals surface area contributed by atoms with E-state index in [1.165, 1.54) is 61.9 Å². The first kappa shape index (κ1) is 29.2. The molecule has 0 N–H and O–H groups in total. The first-order valence-electron chi connectivity index (χ1n) is 12.7. The number of nitrogens with zero attached hydrogens (tertiary/aromatic N) is 4. The van der Waals surface area contributed by atoms with Crippen molar-refractivity contribution < 1.29 is 19.6 Å². The van der Waals surface area contributed by atoms with Gasteiger partial charge in [0.2, 0.25) is 11.4 Å². The summed E-state index contributed by atoms with van der Waals surface area (Å²) in [6.07, 6.45) is 7.17. The molecule has 2 aromatic rings. The van der Waals surface area contributed by atoms with Crippen LogP contribution in [0.2, 0.25) is 0 Å². The van der Waals surface area contributed by atoms with Gasteiger partial charge in [-0.3, -0.25) is 0 Å². The van der Waals surface area contributed by atoms with Crippen LogP contribution in [0.1, 0.15) is 75.1 Å². The minimum atomic E-state index is 0.894. The maximum atomic E-state index is 11.1. The number of aryl methyl sites for hydroxylation is 2. The van der Waals surface area contributed by atoms with Gasteiger partial charge in [-0.05, 0) is 62.9 Å². The second kappa shape index (κ2) is 14.5. The molecule has 0 bridgehead atoms. The first-order valence-corrected chi connectivity index (χ1v) is 13.6. The molecular weight excluding hydrogens is 475 g/mol. The molecule has 0 fully saturated rings. The van der Waals surface area contributed by atoms with Crippen LogP contribution < -0.4 is 0 Å². The van der Waals surface area contributed by atoms with Gasteiger partial charge >= 0.3 is 51.0 Å². The standard InChI is InChI=1S/C26H32N2.2C2H6N.Ni/c1-5-7-8-9-12-21-14-16-22(17-15-21)25-20(4)24(6-2)26(28(25)27)23-13-10-11-19(3)18-23;2*1-3-2;/h10-11,13-18H,5-9,12H2,1-4H3;2*1-2H3;/q;2*-1;+2. The molecule has 0 spiro atoms. The molecule has 0 aliphatic carbocycles. The molecule has 0 amide bonds. The van der Waals surface area contributed by atoms with Gasteiger partial charge in [0.25, 0.3) is 0 Å². The zero-order chi connectivity index (χ0) is 26.0. The Morgan fingerprint density at radius 2 is 1.46 bits per heavy atom. The summed E-state index contributed by atoms with van der Waals surface area (Å²) in [6, 6.07) is 17.1. The molecule has 3 rings (SSSR count). The average molecular weight is 519 g/mol. The number of rotatable bonds is 10. The monoisotopic (exact) mass is 518 g/mol. The van der Waals surface area contributed by atoms with Gasteiger partial charge in [-0.25, -0.2) is 4.70 Å². The van der Waals surface area contributed by atoms with E-state index in [2.05, 4.69) is 84.2 Å². The number of hydrogen-bond acceptors (Lipinski definition) is 2. The molecule has 194 valence electrons. The van der Waals surface area contributed by atoms with Crippen molar-refractivity contribution in [1.82, 2.24) is 7.96 Å². The summed E-state index contributed by atoms with van der Waals surface area (Å²) in [5.41, 5.74) is 20.0. The third-order valence-corrected chi connectivity index (χ3v) is 6.75. The van der Waals surface area contributed by atoms with E-state index in [0.717, 1.165) is 40.9 Å². The Hall–Kier alpha value is -2.07. The SMILES string of the molecule is CCCCCCc1ccc(C2=C(C)C(CC)=C(c3cccc(C)c3)[N+]2=[N-])cc1.C[N](C)[Ni][N](C)C. The zero-order valence-electron chi connectivity index (χ0n) is 23.0. The Balaban J connectivity index is 0.000000540. The van der Waals surface area contributed by atoms with Crippen molar-refractivity contribution in [3.05, 3.63) is 87.5 Å². The third kappa shape index (κ3) is 8.53. The second-order valence-corrected chi connectivity index (χ2v) is 11.3. The van der Waals surface area contributed by atoms with Gasteiger partial charge in [-0.1, -0.05) is 62.9 Å². The van der Waals surface area contributed by atoms with E-state index in [1.807, 2.05) is 28.2 Å². The van der Waals surface area contributed by atoms with Gasteiger partial charge in [0.15, 0.2) is 0 Å². The van der Waals surface area contributed by atoms with Crippen LogP contribution >= 0.6 is 0 Å². The van der Waals surface area contributed by atoms with Crippen LogP contribution in [0.4, 0.5) is 0 Å². The van der Waals surface area contributed by atoms with E-state index in [0.29, 0.717) is 0 Å². The molecule has 5 heteroatoms. The fraction of sp³-hybridized carbons (Fsp3) is 0.467. The Kier molecular flexibility index (Phi) is 12.1. The van der Waals surface area contributed by atoms with Gasteiger partial charge in [0.1, 0.15) is 0 Å². The molecule has 1 heterocycles. The van der Waals surface area contributed by atoms with Crippen molar-refractivity contribution in [1.29, 1.82) is 0 Å². The van der Waals surface area contributed by atoms with E-state index >= 15 is 0 Å². The Morgan fingerprint density at radius 1 is 0.800 bits per heavy atom. The predicted octanol–water partition coefficient (Wildman–Crippen LogP) is 7.74. The Labute approximate surface area is 220 Å². The van der Waals surface area contributed by atoms with Crippen LogP contribution in [-0.4, -0.2) is 40.8 Å². The molecule has 0 aromatic heterocycles. The summed E-state index contributed by atoms with van der Waals surface area (Å²) in [7, 11) is 8.11. The van der Waals surface area contributed by atoms with E-state index in [1.54, 1.807) is 0 Å². The summed E-state index contributed by atoms with van der Waals surface area (Å²) in [6.45, 7) is 8.62. The fourth-order valence-electron chi connectivity index (χ4n) is 4.42. The Bertz CT molecular complexity index is 1030. The zero-order valence-corrected chi connectivity index (χ0v) is 24.0. The van der Waals surface area contributed by atoms with Crippen LogP contribution in [0.5, 0.6) is 0 Å². The van der Waals surface area contributed by atoms with Crippen LogP contribution in [0.15, 0.2) is 59.7 Å². The van der Waals surface area contributed by atoms with Crippen molar-refractivity contribution in [3.63, 3.8) is 0 Å². The predicted molar refractivity (Wildman–Crippen MR) is 146 cm³/mol. The van der Waals surface area contributed by atoms with Gasteiger partial charge in [-0.2, -0.15) is 0 Å². The van der Waals surface area contributed by atoms with Gasteiger partial charge in [-0.15, -0.1) is 0 Å². The average Bonchev–Trinajstić information content (AvgIpc) is 3.06. The topological polar surface area (TPSA) is 31.8 Å². The summed E-state index contributed by atoms with van der Waals surface area (Å²) in [4.78, 5) is 0. The number of hydrogen-bond donors (Lipinski definition) is 0. The summed E-state index contributed by atoms with van der Waals surface area (Å²) < 4.78 is 5.53. The van der Waals surface area contributed by atoms with Gasteiger partial charge in [0.05, 0.1) is 0 Å². The van der Waals surface area contributed by atoms with Crippen LogP contribution in [0.25, 0.3) is 16.9 Å². The molecule has 0 saturated heterocycles. The Morgan fingerprint density at radius 3 is 1.97 bits per heavy atom. The minimum absolute atomic E-state index is 0.894. The maximum absolute atomic E-state index is 11.1. The van der Waals surface area contributed by atoms with Gasteiger partial charge in [0, 0.05) is 22.3 Å². The third-order valence-electron chi connectivity index (χ3n) is 5.96. The molecule has 1 aliphatic rings. The van der Waals surface area contributed by atoms with Crippen molar-refractivity contribution >= 4 is 11.4 Å². The second-order valence-electron chi connectivity index (χ2n) is 9.37. The molecule has 0 atom stereocenters. The van der Waals surface area contributed by atoms with Crippen molar-refractivity contribution in [2.45, 2.75) is 66.2 Å². The quantitative estimate of drug-likeness (QED) is 0.183. The van der Waals surface area contributed by atoms with Crippen LogP contribution in [-0.2, 0) is 21.3 Å². The number of unbranched alkanes of at least 4 members (excludes halogenated alkanes) is 3. The van der Waals surface area contributed by atoms with E-state index in [4.69, 9.17) is 0 Å². The fourth-order valence-corrected chi connectivity index (χ4v) is 5.21. The van der Waals surface area contributed by atoms with Crippen molar-refractivity contribution in [2.24, 2.45) is 0 Å². The normalized spacial score (nSPS) is 13.8. The molecule has 1 aliphatic heterocycles. The number of benzene rings is 2. The van der Waals surface area contributed by atoms with Gasteiger partial charge < -0.3 is 5.53 Å². The van der Waals surface area contributed by atoms with E-state index in [9.17, 15) is 5.53 Å². The molecule has 0 unspecified atom stereocenters. The summed E-state index contributed by atoms with van der Waals surface area (Å²) in [5, 5.41) is 0. The molecule has 0 saturated carbocycles. The van der Waals surface area contributed by atoms with E-state index < -0.39 is 0 Å². The molecule has 35 heavy (non-hydrogen) atoms. The molecule has 2 aromatic carbocycles. The first-order chi connectivity index (χ1) is 16.7. The molecular formula is C30H44N4Ni. The summed E-state index contributed by atoms with van der Waals surface area (Å²) in [5.74, 6) is 0. The number of allylic oxidation sites excluding steroid dienone is 2. The molecule has 4 nitrogen and oxygen atoms in total.